The predicted octanol–water partition coefficient (Wildman–Crippen LogP) is 4.87. The van der Waals surface area contributed by atoms with Gasteiger partial charge in [0.15, 0.2) is 0 Å². The number of Topliss-reactive ketones (excluding diaryl/α,β-unsaturated/α-hetero) is 2. The lowest BCUT2D eigenvalue weighted by atomic mass is 9.90. The lowest BCUT2D eigenvalue weighted by molar-refractivity contribution is -0.162. The number of alkyl carbamates (subject to hydrolysis) is 1. The number of likely N-dealkylation sites (tertiary alicyclic amines) is 1. The van der Waals surface area contributed by atoms with Gasteiger partial charge >= 0.3 is 12.0 Å². The van der Waals surface area contributed by atoms with Crippen molar-refractivity contribution in [3.05, 3.63) is 71.8 Å². The number of benzene rings is 2. The van der Waals surface area contributed by atoms with E-state index in [9.17, 15) is 24.0 Å². The van der Waals surface area contributed by atoms with Gasteiger partial charge < -0.3 is 10.1 Å². The Balaban J connectivity index is 1.63. The van der Waals surface area contributed by atoms with Gasteiger partial charge in [-0.2, -0.15) is 8.78 Å². The number of hydrogen-bond donors (Lipinski definition) is 2. The topological polar surface area (TPSA) is 122 Å². The number of ketones is 2. The van der Waals surface area contributed by atoms with Crippen molar-refractivity contribution in [2.24, 2.45) is 11.8 Å². The molecule has 0 saturated carbocycles. The average Bonchev–Trinajstić information content (AvgIpc) is 3.49. The van der Waals surface area contributed by atoms with Crippen LogP contribution < -0.4 is 10.6 Å². The molecule has 0 bridgehead atoms. The van der Waals surface area contributed by atoms with Gasteiger partial charge in [0, 0.05) is 6.42 Å². The van der Waals surface area contributed by atoms with Crippen LogP contribution in [0.25, 0.3) is 0 Å². The average molecular weight is 628 g/mol. The minimum absolute atomic E-state index is 0.0140. The summed E-state index contributed by atoms with van der Waals surface area (Å²) in [5.74, 6) is -9.83. The Labute approximate surface area is 263 Å². The summed E-state index contributed by atoms with van der Waals surface area (Å²) in [6.07, 6.45) is -0.0660. The monoisotopic (exact) mass is 627 g/mol. The van der Waals surface area contributed by atoms with Crippen LogP contribution in [-0.4, -0.2) is 65.0 Å². The maximum absolute atomic E-state index is 15.3. The molecule has 2 aromatic rings. The highest BCUT2D eigenvalue weighted by Crippen LogP contribution is 2.31. The highest BCUT2D eigenvalue weighted by Gasteiger charge is 2.53. The van der Waals surface area contributed by atoms with E-state index in [-0.39, 0.29) is 26.0 Å². The van der Waals surface area contributed by atoms with Gasteiger partial charge in [-0.3, -0.25) is 29.4 Å². The normalized spacial score (nSPS) is 16.7. The van der Waals surface area contributed by atoms with E-state index >= 15 is 8.78 Å². The smallest absolute Gasteiger partial charge is 0.408 e. The number of imide groups is 1. The van der Waals surface area contributed by atoms with Crippen LogP contribution in [0.5, 0.6) is 0 Å². The van der Waals surface area contributed by atoms with E-state index in [1.165, 1.54) is 4.90 Å². The number of nitrogens with zero attached hydrogens (tertiary/aromatic N) is 1. The largest absolute Gasteiger partial charge is 0.445 e. The van der Waals surface area contributed by atoms with Crippen LogP contribution in [0.2, 0.25) is 0 Å². The van der Waals surface area contributed by atoms with E-state index in [1.807, 2.05) is 36.4 Å². The Bertz CT molecular complexity index is 1320. The SMILES string of the molecule is CC(C)C(C(=O)C(F)(F)C(=O)CCCc1ccccc1)N1CCC[C@H]1C(=O)NC(=O)[C@@H](NC(=O)OCc1ccccc1)C(C)C. The molecule has 11 heteroatoms. The minimum atomic E-state index is -4.22. The van der Waals surface area contributed by atoms with Crippen molar-refractivity contribution >= 4 is 29.5 Å². The summed E-state index contributed by atoms with van der Waals surface area (Å²) in [4.78, 5) is 66.1. The van der Waals surface area contributed by atoms with Gasteiger partial charge in [-0.1, -0.05) is 88.4 Å². The van der Waals surface area contributed by atoms with Gasteiger partial charge in [0.05, 0.1) is 12.1 Å². The Kier molecular flexibility index (Phi) is 12.9. The minimum Gasteiger partial charge on any atom is -0.445 e. The second-order valence-electron chi connectivity index (χ2n) is 12.1. The number of hydrogen-bond acceptors (Lipinski definition) is 7. The quantitative estimate of drug-likeness (QED) is 0.271. The zero-order chi connectivity index (χ0) is 33.1. The highest BCUT2D eigenvalue weighted by atomic mass is 19.3. The molecule has 3 atom stereocenters. The molecule has 1 aliphatic rings. The molecular formula is C34H43F2N3O6. The molecule has 0 radical (unpaired) electrons. The summed E-state index contributed by atoms with van der Waals surface area (Å²) in [6.45, 7) is 6.67. The van der Waals surface area contributed by atoms with Crippen LogP contribution in [0.15, 0.2) is 60.7 Å². The second kappa shape index (κ2) is 16.4. The first kappa shape index (κ1) is 35.5. The number of amides is 3. The Morgan fingerprint density at radius 2 is 1.51 bits per heavy atom. The maximum atomic E-state index is 15.3. The highest BCUT2D eigenvalue weighted by molar-refractivity contribution is 6.11. The van der Waals surface area contributed by atoms with Crippen LogP contribution in [0.4, 0.5) is 13.6 Å². The van der Waals surface area contributed by atoms with Crippen molar-refractivity contribution in [1.29, 1.82) is 0 Å². The third kappa shape index (κ3) is 9.75. The molecule has 0 aromatic heterocycles. The fourth-order valence-corrected chi connectivity index (χ4v) is 5.53. The molecule has 45 heavy (non-hydrogen) atoms. The number of ether oxygens (including phenoxy) is 1. The Morgan fingerprint density at radius 3 is 2.09 bits per heavy atom. The molecule has 1 unspecified atom stereocenters. The molecule has 9 nitrogen and oxygen atoms in total. The third-order valence-corrected chi connectivity index (χ3v) is 7.91. The van der Waals surface area contributed by atoms with Crippen LogP contribution in [-0.2, 0) is 36.9 Å². The van der Waals surface area contributed by atoms with Crippen LogP contribution >= 0.6 is 0 Å². The lowest BCUT2D eigenvalue weighted by Crippen LogP contribution is -2.59. The predicted molar refractivity (Wildman–Crippen MR) is 164 cm³/mol. The van der Waals surface area contributed by atoms with Crippen molar-refractivity contribution in [1.82, 2.24) is 15.5 Å². The van der Waals surface area contributed by atoms with Gasteiger partial charge in [0.25, 0.3) is 0 Å². The first-order valence-electron chi connectivity index (χ1n) is 15.4. The summed E-state index contributed by atoms with van der Waals surface area (Å²) in [6, 6.07) is 14.5. The zero-order valence-corrected chi connectivity index (χ0v) is 26.3. The van der Waals surface area contributed by atoms with E-state index in [4.69, 9.17) is 4.74 Å². The van der Waals surface area contributed by atoms with Gasteiger partial charge in [0.1, 0.15) is 12.6 Å². The van der Waals surface area contributed by atoms with Gasteiger partial charge in [-0.25, -0.2) is 4.79 Å². The molecule has 244 valence electrons. The summed E-state index contributed by atoms with van der Waals surface area (Å²) < 4.78 is 35.8. The molecular weight excluding hydrogens is 584 g/mol. The lowest BCUT2D eigenvalue weighted by Gasteiger charge is -2.35. The zero-order valence-electron chi connectivity index (χ0n) is 26.3. The molecule has 1 saturated heterocycles. The van der Waals surface area contributed by atoms with Crippen molar-refractivity contribution in [2.45, 2.75) is 90.5 Å². The standard InChI is InChI=1S/C34H43F2N3O6/c1-22(2)28(37-33(44)45-21-25-15-9-6-10-16-25)32(43)38-31(42)26-18-12-20-39(26)29(23(3)4)30(41)34(35,36)27(40)19-11-17-24-13-7-5-8-14-24/h5-10,13-16,22-23,26,28-29H,11-12,17-21H2,1-4H3,(H,37,44)(H,38,42,43)/t26-,28-,29?/m0/s1. The fourth-order valence-electron chi connectivity index (χ4n) is 5.53. The Morgan fingerprint density at radius 1 is 0.911 bits per heavy atom. The second-order valence-corrected chi connectivity index (χ2v) is 12.1. The molecule has 1 heterocycles. The molecule has 0 aliphatic carbocycles. The van der Waals surface area contributed by atoms with E-state index in [0.29, 0.717) is 12.8 Å². The number of carbonyl (C=O) groups is 5. The first-order valence-corrected chi connectivity index (χ1v) is 15.4. The molecule has 3 rings (SSSR count). The van der Waals surface area contributed by atoms with Crippen molar-refractivity contribution < 1.29 is 37.5 Å². The Hall–Kier alpha value is -3.99. The number of carbonyl (C=O) groups excluding carboxylic acids is 5. The van der Waals surface area contributed by atoms with E-state index in [2.05, 4.69) is 10.6 Å². The maximum Gasteiger partial charge on any atom is 0.408 e. The van der Waals surface area contributed by atoms with Gasteiger partial charge in [0.2, 0.25) is 23.4 Å². The number of nitrogens with one attached hydrogen (secondary N) is 2. The number of aryl methyl sites for hydroxylation is 1. The van der Waals surface area contributed by atoms with E-state index in [0.717, 1.165) is 11.1 Å². The van der Waals surface area contributed by atoms with Gasteiger partial charge in [-0.15, -0.1) is 0 Å². The van der Waals surface area contributed by atoms with Crippen LogP contribution in [0, 0.1) is 11.8 Å². The molecule has 1 aliphatic heterocycles. The molecule has 3 amide bonds. The van der Waals surface area contributed by atoms with Crippen LogP contribution in [0.1, 0.15) is 64.5 Å². The molecule has 1 fully saturated rings. The number of rotatable bonds is 15. The summed E-state index contributed by atoms with van der Waals surface area (Å²) in [5, 5.41) is 4.78. The van der Waals surface area contributed by atoms with E-state index < -0.39 is 71.8 Å². The van der Waals surface area contributed by atoms with Crippen molar-refractivity contribution in [3.63, 3.8) is 0 Å². The third-order valence-electron chi connectivity index (χ3n) is 7.91. The van der Waals surface area contributed by atoms with Crippen molar-refractivity contribution in [3.8, 4) is 0 Å². The summed E-state index contributed by atoms with van der Waals surface area (Å²) >= 11 is 0. The summed E-state index contributed by atoms with van der Waals surface area (Å²) in [7, 11) is 0. The number of alkyl halides is 2. The first-order chi connectivity index (χ1) is 21.3. The number of halogens is 2. The molecule has 0 spiro atoms. The van der Waals surface area contributed by atoms with E-state index in [1.54, 1.807) is 52.0 Å². The summed E-state index contributed by atoms with van der Waals surface area (Å²) in [5.41, 5.74) is 1.66. The molecule has 2 N–H and O–H groups in total. The fraction of sp³-hybridized carbons (Fsp3) is 0.500. The van der Waals surface area contributed by atoms with Crippen LogP contribution in [0.3, 0.4) is 0 Å². The molecule has 2 aromatic carbocycles. The van der Waals surface area contributed by atoms with Gasteiger partial charge in [-0.05, 0) is 55.2 Å². The van der Waals surface area contributed by atoms with Crippen molar-refractivity contribution in [2.75, 3.05) is 6.54 Å².